The highest BCUT2D eigenvalue weighted by Crippen LogP contribution is 2.19. The van der Waals surface area contributed by atoms with E-state index in [-0.39, 0.29) is 5.91 Å². The molecule has 1 aliphatic rings. The van der Waals surface area contributed by atoms with Crippen molar-refractivity contribution >= 4 is 23.6 Å². The van der Waals surface area contributed by atoms with Gasteiger partial charge < -0.3 is 10.0 Å². The van der Waals surface area contributed by atoms with E-state index in [4.69, 9.17) is 5.11 Å². The van der Waals surface area contributed by atoms with Crippen molar-refractivity contribution in [1.29, 1.82) is 0 Å². The number of carbonyl (C=O) groups excluding carboxylic acids is 1. The van der Waals surface area contributed by atoms with E-state index in [1.807, 2.05) is 0 Å². The Morgan fingerprint density at radius 3 is 3.00 bits per heavy atom. The van der Waals surface area contributed by atoms with Crippen LogP contribution < -0.4 is 0 Å². The zero-order valence-electron chi connectivity index (χ0n) is 10.00. The predicted octanol–water partition coefficient (Wildman–Crippen LogP) is 1.03. The van der Waals surface area contributed by atoms with E-state index in [1.165, 1.54) is 4.90 Å². The quantitative estimate of drug-likeness (QED) is 0.865. The van der Waals surface area contributed by atoms with Gasteiger partial charge in [0, 0.05) is 24.2 Å². The first-order chi connectivity index (χ1) is 8.61. The number of carboxylic acids is 1. The lowest BCUT2D eigenvalue weighted by Gasteiger charge is -2.32. The van der Waals surface area contributed by atoms with Crippen molar-refractivity contribution in [3.63, 3.8) is 0 Å². The molecular formula is C12H14N2O3S. The van der Waals surface area contributed by atoms with E-state index >= 15 is 0 Å². The molecule has 0 spiro atoms. The van der Waals surface area contributed by atoms with E-state index in [1.54, 1.807) is 37.0 Å². The van der Waals surface area contributed by atoms with Gasteiger partial charge in [-0.25, -0.2) is 4.79 Å². The third-order valence-corrected chi connectivity index (χ3v) is 3.91. The molecule has 1 unspecified atom stereocenters. The molecule has 1 aliphatic heterocycles. The Labute approximate surface area is 109 Å². The van der Waals surface area contributed by atoms with Crippen molar-refractivity contribution in [2.75, 3.05) is 18.1 Å². The first-order valence-electron chi connectivity index (χ1n) is 5.64. The molecule has 1 saturated heterocycles. The third kappa shape index (κ3) is 2.48. The number of carboxylic acid groups (broad SMARTS) is 1. The molecule has 2 heterocycles. The van der Waals surface area contributed by atoms with Crippen LogP contribution in [-0.4, -0.2) is 51.0 Å². The molecule has 0 aromatic carbocycles. The maximum atomic E-state index is 12.3. The number of pyridine rings is 1. The van der Waals surface area contributed by atoms with Gasteiger partial charge in [-0.3, -0.25) is 9.78 Å². The number of nitrogens with zero attached hydrogens (tertiary/aromatic N) is 2. The Morgan fingerprint density at radius 2 is 2.33 bits per heavy atom. The van der Waals surface area contributed by atoms with Crippen LogP contribution >= 0.6 is 11.8 Å². The van der Waals surface area contributed by atoms with E-state index in [9.17, 15) is 9.59 Å². The van der Waals surface area contributed by atoms with Crippen LogP contribution in [0.1, 0.15) is 16.1 Å². The van der Waals surface area contributed by atoms with Crippen molar-refractivity contribution in [2.45, 2.75) is 13.0 Å². The summed E-state index contributed by atoms with van der Waals surface area (Å²) in [6.07, 6.45) is 1.55. The highest BCUT2D eigenvalue weighted by atomic mass is 32.2. The number of thioether (sulfide) groups is 1. The Morgan fingerprint density at radius 1 is 1.56 bits per heavy atom. The average Bonchev–Trinajstić information content (AvgIpc) is 2.38. The second kappa shape index (κ2) is 5.39. The van der Waals surface area contributed by atoms with Crippen LogP contribution in [0.5, 0.6) is 0 Å². The number of hydrogen-bond donors (Lipinski definition) is 1. The largest absolute Gasteiger partial charge is 0.480 e. The minimum atomic E-state index is -0.955. The van der Waals surface area contributed by atoms with Crippen LogP contribution in [0.15, 0.2) is 18.3 Å². The van der Waals surface area contributed by atoms with Crippen molar-refractivity contribution in [1.82, 2.24) is 9.88 Å². The standard InChI is InChI=1S/C12H14N2O3S/c1-8-3-2-4-13-10(8)11(15)14-5-6-18-7-9(14)12(16)17/h2-4,9H,5-7H2,1H3,(H,16,17). The van der Waals surface area contributed by atoms with Crippen LogP contribution in [-0.2, 0) is 4.79 Å². The Kier molecular flexibility index (Phi) is 3.86. The molecule has 1 amide bonds. The number of aliphatic carboxylic acids is 1. The van der Waals surface area contributed by atoms with Gasteiger partial charge in [0.2, 0.25) is 0 Å². The maximum Gasteiger partial charge on any atom is 0.327 e. The highest BCUT2D eigenvalue weighted by Gasteiger charge is 2.33. The zero-order valence-corrected chi connectivity index (χ0v) is 10.8. The minimum Gasteiger partial charge on any atom is -0.480 e. The van der Waals surface area contributed by atoms with Crippen molar-refractivity contribution in [3.8, 4) is 0 Å². The zero-order chi connectivity index (χ0) is 13.1. The number of rotatable bonds is 2. The van der Waals surface area contributed by atoms with Gasteiger partial charge >= 0.3 is 5.97 Å². The molecule has 0 aliphatic carbocycles. The number of hydrogen-bond acceptors (Lipinski definition) is 4. The summed E-state index contributed by atoms with van der Waals surface area (Å²) in [6, 6.07) is 2.80. The summed E-state index contributed by atoms with van der Waals surface area (Å²) in [7, 11) is 0. The smallest absolute Gasteiger partial charge is 0.327 e. The van der Waals surface area contributed by atoms with Crippen molar-refractivity contribution in [3.05, 3.63) is 29.6 Å². The molecule has 1 aromatic heterocycles. The second-order valence-corrected chi connectivity index (χ2v) is 5.25. The van der Waals surface area contributed by atoms with E-state index < -0.39 is 12.0 Å². The van der Waals surface area contributed by atoms with E-state index in [2.05, 4.69) is 4.98 Å². The molecule has 0 saturated carbocycles. The van der Waals surface area contributed by atoms with Crippen molar-refractivity contribution in [2.24, 2.45) is 0 Å². The number of aromatic nitrogens is 1. The molecular weight excluding hydrogens is 252 g/mol. The van der Waals surface area contributed by atoms with Crippen LogP contribution in [0.4, 0.5) is 0 Å². The maximum absolute atomic E-state index is 12.3. The fourth-order valence-corrected chi connectivity index (χ4v) is 2.94. The van der Waals surface area contributed by atoms with Gasteiger partial charge in [0.1, 0.15) is 11.7 Å². The Bertz CT molecular complexity index is 478. The minimum absolute atomic E-state index is 0.291. The fraction of sp³-hybridized carbons (Fsp3) is 0.417. The number of aryl methyl sites for hydroxylation is 1. The molecule has 1 fully saturated rings. The van der Waals surface area contributed by atoms with Gasteiger partial charge in [-0.2, -0.15) is 11.8 Å². The molecule has 6 heteroatoms. The molecule has 18 heavy (non-hydrogen) atoms. The molecule has 5 nitrogen and oxygen atoms in total. The van der Waals surface area contributed by atoms with Gasteiger partial charge in [0.25, 0.3) is 5.91 Å². The molecule has 2 rings (SSSR count). The Balaban J connectivity index is 2.27. The molecule has 1 N–H and O–H groups in total. The normalized spacial score (nSPS) is 19.6. The summed E-state index contributed by atoms with van der Waals surface area (Å²) in [6.45, 7) is 2.26. The lowest BCUT2D eigenvalue weighted by atomic mass is 10.1. The Hall–Kier alpha value is -1.56. The molecule has 96 valence electrons. The summed E-state index contributed by atoms with van der Waals surface area (Å²) < 4.78 is 0. The lowest BCUT2D eigenvalue weighted by Crippen LogP contribution is -2.50. The topological polar surface area (TPSA) is 70.5 Å². The molecule has 1 aromatic rings. The summed E-state index contributed by atoms with van der Waals surface area (Å²) in [5.74, 6) is -0.0427. The van der Waals surface area contributed by atoms with Gasteiger partial charge in [-0.05, 0) is 18.6 Å². The lowest BCUT2D eigenvalue weighted by molar-refractivity contribution is -0.141. The van der Waals surface area contributed by atoms with E-state index in [0.29, 0.717) is 18.0 Å². The molecule has 1 atom stereocenters. The van der Waals surface area contributed by atoms with E-state index in [0.717, 1.165) is 11.3 Å². The third-order valence-electron chi connectivity index (χ3n) is 2.89. The number of carbonyl (C=O) groups is 2. The van der Waals surface area contributed by atoms with Crippen LogP contribution in [0.25, 0.3) is 0 Å². The van der Waals surface area contributed by atoms with Crippen LogP contribution in [0.2, 0.25) is 0 Å². The average molecular weight is 266 g/mol. The summed E-state index contributed by atoms with van der Waals surface area (Å²) >= 11 is 1.56. The molecule has 0 radical (unpaired) electrons. The molecule has 0 bridgehead atoms. The summed E-state index contributed by atoms with van der Waals surface area (Å²) in [4.78, 5) is 29.0. The van der Waals surface area contributed by atoms with Gasteiger partial charge in [-0.1, -0.05) is 6.07 Å². The van der Waals surface area contributed by atoms with Crippen LogP contribution in [0.3, 0.4) is 0 Å². The second-order valence-electron chi connectivity index (χ2n) is 4.10. The summed E-state index contributed by atoms with van der Waals surface area (Å²) in [5, 5.41) is 9.15. The SMILES string of the molecule is Cc1cccnc1C(=O)N1CCSCC1C(=O)O. The van der Waals surface area contributed by atoms with Crippen LogP contribution in [0, 0.1) is 6.92 Å². The van der Waals surface area contributed by atoms with Crippen molar-refractivity contribution < 1.29 is 14.7 Å². The van der Waals surface area contributed by atoms with Gasteiger partial charge in [0.05, 0.1) is 0 Å². The highest BCUT2D eigenvalue weighted by molar-refractivity contribution is 7.99. The first kappa shape index (κ1) is 12.9. The predicted molar refractivity (Wildman–Crippen MR) is 68.8 cm³/mol. The van der Waals surface area contributed by atoms with Gasteiger partial charge in [-0.15, -0.1) is 0 Å². The monoisotopic (exact) mass is 266 g/mol. The fourth-order valence-electron chi connectivity index (χ4n) is 1.90. The summed E-state index contributed by atoms with van der Waals surface area (Å²) in [5.41, 5.74) is 1.11. The number of amides is 1. The first-order valence-corrected chi connectivity index (χ1v) is 6.80. The van der Waals surface area contributed by atoms with Gasteiger partial charge in [0.15, 0.2) is 0 Å².